The van der Waals surface area contributed by atoms with Crippen LogP contribution in [0.15, 0.2) is 24.3 Å². The van der Waals surface area contributed by atoms with Crippen LogP contribution in [0.2, 0.25) is 0 Å². The van der Waals surface area contributed by atoms with E-state index in [2.05, 4.69) is 4.74 Å². The number of halogens is 3. The molecule has 1 saturated heterocycles. The van der Waals surface area contributed by atoms with Crippen LogP contribution in [0.3, 0.4) is 0 Å². The van der Waals surface area contributed by atoms with E-state index < -0.39 is 24.9 Å². The average molecular weight is 347 g/mol. The number of nitrogens with zero attached hydrogens (tertiary/aromatic N) is 1. The standard InChI is InChI=1S/C15H16F3NO5/c16-15(17,18)9-24-11-3-1-2-10(6-11)7-13(20)19-4-5-23-12(8-19)14(21)22/h1-3,6,12H,4-5,7-9H2,(H,21,22). The number of alkyl halides is 3. The zero-order chi connectivity index (χ0) is 17.7. The number of rotatable bonds is 5. The highest BCUT2D eigenvalue weighted by molar-refractivity contribution is 5.80. The first-order valence-electron chi connectivity index (χ1n) is 7.15. The fourth-order valence-electron chi connectivity index (χ4n) is 2.22. The summed E-state index contributed by atoms with van der Waals surface area (Å²) in [5, 5.41) is 8.92. The number of ether oxygens (including phenoxy) is 2. The maximum absolute atomic E-state index is 12.2. The summed E-state index contributed by atoms with van der Waals surface area (Å²) in [5.41, 5.74) is 0.484. The number of amides is 1. The van der Waals surface area contributed by atoms with Crippen molar-refractivity contribution in [3.63, 3.8) is 0 Å². The number of hydrogen-bond donors (Lipinski definition) is 1. The summed E-state index contributed by atoms with van der Waals surface area (Å²) in [5.74, 6) is -1.45. The van der Waals surface area contributed by atoms with Crippen molar-refractivity contribution in [3.05, 3.63) is 29.8 Å². The largest absolute Gasteiger partial charge is 0.484 e. The number of carbonyl (C=O) groups excluding carboxylic acids is 1. The Morgan fingerprint density at radius 2 is 2.12 bits per heavy atom. The molecule has 1 aliphatic heterocycles. The van der Waals surface area contributed by atoms with E-state index in [0.717, 1.165) is 0 Å². The second kappa shape index (κ2) is 7.52. The second-order valence-electron chi connectivity index (χ2n) is 5.27. The van der Waals surface area contributed by atoms with Crippen LogP contribution in [0, 0.1) is 0 Å². The van der Waals surface area contributed by atoms with Gasteiger partial charge in [-0.15, -0.1) is 0 Å². The number of carboxylic acids is 1. The molecule has 1 unspecified atom stereocenters. The van der Waals surface area contributed by atoms with Crippen LogP contribution in [0.5, 0.6) is 5.75 Å². The number of carboxylic acid groups (broad SMARTS) is 1. The maximum Gasteiger partial charge on any atom is 0.422 e. The van der Waals surface area contributed by atoms with Crippen molar-refractivity contribution >= 4 is 11.9 Å². The van der Waals surface area contributed by atoms with Crippen molar-refractivity contribution in [2.75, 3.05) is 26.3 Å². The van der Waals surface area contributed by atoms with Crippen molar-refractivity contribution in [1.82, 2.24) is 4.90 Å². The van der Waals surface area contributed by atoms with E-state index in [4.69, 9.17) is 9.84 Å². The Hall–Kier alpha value is -2.29. The molecule has 1 heterocycles. The van der Waals surface area contributed by atoms with Gasteiger partial charge in [-0.2, -0.15) is 13.2 Å². The molecule has 1 aliphatic rings. The van der Waals surface area contributed by atoms with Crippen LogP contribution in [-0.4, -0.2) is 60.5 Å². The van der Waals surface area contributed by atoms with Gasteiger partial charge in [0.15, 0.2) is 12.7 Å². The zero-order valence-electron chi connectivity index (χ0n) is 12.6. The molecule has 1 atom stereocenters. The minimum atomic E-state index is -4.44. The lowest BCUT2D eigenvalue weighted by atomic mass is 10.1. The van der Waals surface area contributed by atoms with Gasteiger partial charge in [0, 0.05) is 6.54 Å². The molecule has 6 nitrogen and oxygen atoms in total. The van der Waals surface area contributed by atoms with Gasteiger partial charge in [0.25, 0.3) is 0 Å². The lowest BCUT2D eigenvalue weighted by molar-refractivity contribution is -0.159. The van der Waals surface area contributed by atoms with E-state index in [1.54, 1.807) is 6.07 Å². The molecular formula is C15H16F3NO5. The van der Waals surface area contributed by atoms with Crippen LogP contribution < -0.4 is 4.74 Å². The normalized spacial score (nSPS) is 18.3. The molecule has 1 aromatic rings. The van der Waals surface area contributed by atoms with Gasteiger partial charge in [0.05, 0.1) is 19.6 Å². The molecule has 0 aliphatic carbocycles. The van der Waals surface area contributed by atoms with Gasteiger partial charge < -0.3 is 19.5 Å². The molecule has 1 N–H and O–H groups in total. The van der Waals surface area contributed by atoms with E-state index in [1.807, 2.05) is 0 Å². The predicted octanol–water partition coefficient (Wildman–Crippen LogP) is 1.48. The molecule has 0 aromatic heterocycles. The van der Waals surface area contributed by atoms with Gasteiger partial charge in [0.1, 0.15) is 5.75 Å². The van der Waals surface area contributed by atoms with Crippen LogP contribution in [0.1, 0.15) is 5.56 Å². The van der Waals surface area contributed by atoms with Crippen LogP contribution in [0.4, 0.5) is 13.2 Å². The van der Waals surface area contributed by atoms with Crippen molar-refractivity contribution in [2.24, 2.45) is 0 Å². The van der Waals surface area contributed by atoms with Crippen LogP contribution in [0.25, 0.3) is 0 Å². The quantitative estimate of drug-likeness (QED) is 0.873. The number of hydrogen-bond acceptors (Lipinski definition) is 4. The van der Waals surface area contributed by atoms with E-state index >= 15 is 0 Å². The molecule has 132 valence electrons. The Morgan fingerprint density at radius 1 is 1.38 bits per heavy atom. The van der Waals surface area contributed by atoms with E-state index in [1.165, 1.54) is 23.1 Å². The van der Waals surface area contributed by atoms with Crippen molar-refractivity contribution in [2.45, 2.75) is 18.7 Å². The molecule has 24 heavy (non-hydrogen) atoms. The minimum Gasteiger partial charge on any atom is -0.484 e. The lowest BCUT2D eigenvalue weighted by Gasteiger charge is -2.31. The van der Waals surface area contributed by atoms with E-state index in [0.29, 0.717) is 5.56 Å². The van der Waals surface area contributed by atoms with Gasteiger partial charge in [0.2, 0.25) is 5.91 Å². The SMILES string of the molecule is O=C(O)C1CN(C(=O)Cc2cccc(OCC(F)(F)F)c2)CCO1. The molecular weight excluding hydrogens is 331 g/mol. The monoisotopic (exact) mass is 347 g/mol. The molecule has 0 spiro atoms. The molecule has 0 radical (unpaired) electrons. The van der Waals surface area contributed by atoms with Crippen molar-refractivity contribution < 1.29 is 37.3 Å². The Morgan fingerprint density at radius 3 is 2.79 bits per heavy atom. The summed E-state index contributed by atoms with van der Waals surface area (Å²) >= 11 is 0. The Labute approximate surface area is 135 Å². The zero-order valence-corrected chi connectivity index (χ0v) is 12.6. The summed E-state index contributed by atoms with van der Waals surface area (Å²) in [6.07, 6.45) is -5.56. The predicted molar refractivity (Wildman–Crippen MR) is 75.7 cm³/mol. The molecule has 1 aromatic carbocycles. The summed E-state index contributed by atoms with van der Waals surface area (Å²) in [7, 11) is 0. The van der Waals surface area contributed by atoms with Crippen molar-refractivity contribution in [3.8, 4) is 5.75 Å². The first-order chi connectivity index (χ1) is 11.2. The molecule has 1 amide bonds. The highest BCUT2D eigenvalue weighted by Gasteiger charge is 2.29. The summed E-state index contributed by atoms with van der Waals surface area (Å²) in [4.78, 5) is 24.5. The first kappa shape index (κ1) is 18.1. The summed E-state index contributed by atoms with van der Waals surface area (Å²) in [6, 6.07) is 5.81. The minimum absolute atomic E-state index is 0.0167. The maximum atomic E-state index is 12.2. The first-order valence-corrected chi connectivity index (χ1v) is 7.15. The molecule has 0 saturated carbocycles. The smallest absolute Gasteiger partial charge is 0.422 e. The molecule has 0 bridgehead atoms. The topological polar surface area (TPSA) is 76.1 Å². The van der Waals surface area contributed by atoms with Crippen molar-refractivity contribution in [1.29, 1.82) is 0 Å². The third-order valence-electron chi connectivity index (χ3n) is 3.35. The Kier molecular flexibility index (Phi) is 5.66. The van der Waals surface area contributed by atoms with E-state index in [-0.39, 0.29) is 37.8 Å². The molecule has 2 rings (SSSR count). The highest BCUT2D eigenvalue weighted by Crippen LogP contribution is 2.20. The van der Waals surface area contributed by atoms with Crippen LogP contribution >= 0.6 is 0 Å². The number of carbonyl (C=O) groups is 2. The van der Waals surface area contributed by atoms with Crippen LogP contribution in [-0.2, 0) is 20.7 Å². The second-order valence-corrected chi connectivity index (χ2v) is 5.27. The number of benzene rings is 1. The third kappa shape index (κ3) is 5.41. The fourth-order valence-corrected chi connectivity index (χ4v) is 2.22. The fraction of sp³-hybridized carbons (Fsp3) is 0.467. The number of morpholine rings is 1. The summed E-state index contributed by atoms with van der Waals surface area (Å²) < 4.78 is 46.1. The highest BCUT2D eigenvalue weighted by atomic mass is 19.4. The Balaban J connectivity index is 1.95. The van der Waals surface area contributed by atoms with E-state index in [9.17, 15) is 22.8 Å². The molecule has 1 fully saturated rings. The van der Waals surface area contributed by atoms with Gasteiger partial charge >= 0.3 is 12.1 Å². The average Bonchev–Trinajstić information content (AvgIpc) is 2.53. The summed E-state index contributed by atoms with van der Waals surface area (Å²) in [6.45, 7) is -1.07. The van der Waals surface area contributed by atoms with Gasteiger partial charge in [-0.05, 0) is 17.7 Å². The Bertz CT molecular complexity index is 605. The van der Waals surface area contributed by atoms with Gasteiger partial charge in [-0.3, -0.25) is 4.79 Å². The van der Waals surface area contributed by atoms with Gasteiger partial charge in [-0.1, -0.05) is 12.1 Å². The molecule has 9 heteroatoms. The third-order valence-corrected chi connectivity index (χ3v) is 3.35. The lowest BCUT2D eigenvalue weighted by Crippen LogP contribution is -2.49. The van der Waals surface area contributed by atoms with Gasteiger partial charge in [-0.25, -0.2) is 4.79 Å². The number of aliphatic carboxylic acids is 1.